The molecular weight excluding hydrogens is 904 g/mol. The first kappa shape index (κ1) is 48.7. The molecule has 0 saturated heterocycles. The molecule has 0 unspecified atom stereocenters. The average Bonchev–Trinajstić information content (AvgIpc) is 2.96. The van der Waals surface area contributed by atoms with Crippen molar-refractivity contribution in [2.24, 2.45) is 0 Å². The lowest BCUT2D eigenvalue weighted by Gasteiger charge is -2.40. The minimum atomic E-state index is -5.67. The predicted molar refractivity (Wildman–Crippen MR) is 178 cm³/mol. The van der Waals surface area contributed by atoms with Gasteiger partial charge < -0.3 is 10.2 Å². The summed E-state index contributed by atoms with van der Waals surface area (Å²) >= 11 is 5.71. The third-order valence-corrected chi connectivity index (χ3v) is 12.9. The van der Waals surface area contributed by atoms with E-state index < -0.39 is 113 Å². The average molecular weight is 941 g/mol. The number of rotatable bonds is 10. The highest BCUT2D eigenvalue weighted by atomic mass is 79.9. The number of halogens is 14. The Balaban J connectivity index is 0.000000520. The maximum Gasteiger partial charge on any atom is 0.420 e. The van der Waals surface area contributed by atoms with Crippen LogP contribution >= 0.6 is 31.9 Å². The fourth-order valence-corrected chi connectivity index (χ4v) is 7.42. The van der Waals surface area contributed by atoms with Gasteiger partial charge in [-0.05, 0) is 112 Å². The smallest absolute Gasteiger partial charge is 0.379 e. The summed E-state index contributed by atoms with van der Waals surface area (Å²) in [5.74, 6) is -14.5. The Morgan fingerprint density at radius 1 is 0.577 bits per heavy atom. The van der Waals surface area contributed by atoms with Gasteiger partial charge >= 0.3 is 12.4 Å². The fourth-order valence-electron chi connectivity index (χ4n) is 4.23. The van der Waals surface area contributed by atoms with E-state index >= 15 is 0 Å². The Morgan fingerprint density at radius 3 is 1.04 bits per heavy atom. The number of aliphatic hydroxyl groups excluding tert-OH is 2. The summed E-state index contributed by atoms with van der Waals surface area (Å²) in [4.78, 5) is 7.12. The van der Waals surface area contributed by atoms with Crippen molar-refractivity contribution in [3.63, 3.8) is 0 Å². The largest absolute Gasteiger partial charge is 0.420 e. The van der Waals surface area contributed by atoms with Crippen molar-refractivity contribution in [1.29, 1.82) is 0 Å². The Kier molecular flexibility index (Phi) is 15.3. The monoisotopic (exact) mass is 938 g/mol. The normalized spacial score (nSPS) is 18.3. The van der Waals surface area contributed by atoms with Crippen LogP contribution in [0.1, 0.15) is 66.8 Å². The van der Waals surface area contributed by atoms with Gasteiger partial charge in [0, 0.05) is 42.6 Å². The molecule has 300 valence electrons. The van der Waals surface area contributed by atoms with Gasteiger partial charge in [0.2, 0.25) is 12.2 Å². The Labute approximate surface area is 313 Å². The lowest BCUT2D eigenvalue weighted by Crippen LogP contribution is -2.60. The summed E-state index contributed by atoms with van der Waals surface area (Å²) in [6.45, 7) is 9.85. The third kappa shape index (κ3) is 10.9. The molecule has 0 radical (unpaired) electrons. The third-order valence-electron chi connectivity index (χ3n) is 7.65. The quantitative estimate of drug-likeness (QED) is 0.183. The molecule has 0 aliphatic rings. The first-order valence-electron chi connectivity index (χ1n) is 14.6. The standard InChI is InChI=1S/2C15H18BrF6NO2S/c2*1-12(2,3)26(25)7-13(4,10-8(17)5-6-9(16)23-10)14(18,19)11(24)15(20,21)22/h2*5-6,11,24H,7H2,1-4H3/t11-,13+,26-;11-,13-,26+/m01/s1. The van der Waals surface area contributed by atoms with Gasteiger partial charge in [-0.1, -0.05) is 0 Å². The van der Waals surface area contributed by atoms with Crippen molar-refractivity contribution in [3.05, 3.63) is 56.5 Å². The van der Waals surface area contributed by atoms with Crippen molar-refractivity contribution >= 4 is 53.5 Å². The molecule has 22 heteroatoms. The molecule has 6 atom stereocenters. The predicted octanol–water partition coefficient (Wildman–Crippen LogP) is 8.69. The van der Waals surface area contributed by atoms with Gasteiger partial charge in [0.1, 0.15) is 20.8 Å². The van der Waals surface area contributed by atoms with Gasteiger partial charge in [-0.3, -0.25) is 8.42 Å². The second-order valence-corrected chi connectivity index (χ2v) is 20.0. The molecule has 6 nitrogen and oxygen atoms in total. The van der Waals surface area contributed by atoms with E-state index in [1.165, 1.54) is 41.5 Å². The van der Waals surface area contributed by atoms with Crippen LogP contribution in [-0.4, -0.2) is 86.0 Å². The van der Waals surface area contributed by atoms with Gasteiger partial charge in [0.15, 0.2) is 0 Å². The molecule has 0 aliphatic heterocycles. The molecule has 2 aromatic heterocycles. The van der Waals surface area contributed by atoms with Gasteiger partial charge in [-0.2, -0.15) is 26.3 Å². The minimum absolute atomic E-state index is 0.0982. The van der Waals surface area contributed by atoms with Crippen LogP contribution in [-0.2, 0) is 32.4 Å². The van der Waals surface area contributed by atoms with E-state index in [0.717, 1.165) is 24.3 Å². The Morgan fingerprint density at radius 2 is 0.827 bits per heavy atom. The first-order valence-corrected chi connectivity index (χ1v) is 18.8. The lowest BCUT2D eigenvalue weighted by atomic mass is 9.78. The summed E-state index contributed by atoms with van der Waals surface area (Å²) in [5.41, 5.74) is -8.02. The summed E-state index contributed by atoms with van der Waals surface area (Å²) in [6, 6.07) is 3.66. The maximum absolute atomic E-state index is 14.8. The van der Waals surface area contributed by atoms with E-state index in [2.05, 4.69) is 41.8 Å². The van der Waals surface area contributed by atoms with Gasteiger partial charge in [0.05, 0.1) is 22.2 Å². The van der Waals surface area contributed by atoms with Crippen molar-refractivity contribution in [1.82, 2.24) is 9.97 Å². The number of hydrogen-bond donors (Lipinski definition) is 2. The zero-order chi connectivity index (χ0) is 41.4. The molecule has 0 saturated carbocycles. The fraction of sp³-hybridized carbons (Fsp3) is 0.667. The van der Waals surface area contributed by atoms with Gasteiger partial charge in [0.25, 0.3) is 11.8 Å². The Hall–Kier alpha value is -1.36. The summed E-state index contributed by atoms with van der Waals surface area (Å²) < 4.78 is 187. The Bertz CT molecular complexity index is 1500. The van der Waals surface area contributed by atoms with Crippen LogP contribution in [0.2, 0.25) is 0 Å². The number of pyridine rings is 2. The van der Waals surface area contributed by atoms with E-state index in [1.807, 2.05) is 0 Å². The maximum atomic E-state index is 14.8. The highest BCUT2D eigenvalue weighted by Crippen LogP contribution is 2.49. The van der Waals surface area contributed by atoms with Crippen LogP contribution in [0, 0.1) is 11.6 Å². The molecule has 0 fully saturated rings. The second-order valence-electron chi connectivity index (χ2n) is 13.9. The number of nitrogens with zero attached hydrogens (tertiary/aromatic N) is 2. The lowest BCUT2D eigenvalue weighted by molar-refractivity contribution is -0.285. The highest BCUT2D eigenvalue weighted by Gasteiger charge is 2.67. The van der Waals surface area contributed by atoms with Crippen LogP contribution in [0.4, 0.5) is 52.7 Å². The van der Waals surface area contributed by atoms with Crippen molar-refractivity contribution in [3.8, 4) is 0 Å². The van der Waals surface area contributed by atoms with Crippen molar-refractivity contribution in [2.45, 2.75) is 112 Å². The number of alkyl halides is 10. The topological polar surface area (TPSA) is 100 Å². The van der Waals surface area contributed by atoms with Crippen LogP contribution in [0.25, 0.3) is 0 Å². The van der Waals surface area contributed by atoms with E-state index in [-0.39, 0.29) is 9.21 Å². The minimum Gasteiger partial charge on any atom is -0.379 e. The summed E-state index contributed by atoms with van der Waals surface area (Å²) in [7, 11) is -4.18. The number of aliphatic hydroxyl groups is 2. The van der Waals surface area contributed by atoms with Crippen LogP contribution in [0.15, 0.2) is 33.5 Å². The molecule has 2 rings (SSSR count). The second kappa shape index (κ2) is 16.4. The van der Waals surface area contributed by atoms with Crippen molar-refractivity contribution < 1.29 is 71.3 Å². The molecule has 0 amide bonds. The van der Waals surface area contributed by atoms with Crippen LogP contribution in [0.5, 0.6) is 0 Å². The highest BCUT2D eigenvalue weighted by molar-refractivity contribution is 9.10. The van der Waals surface area contributed by atoms with Crippen molar-refractivity contribution in [2.75, 3.05) is 11.5 Å². The molecule has 0 bridgehead atoms. The van der Waals surface area contributed by atoms with E-state index in [0.29, 0.717) is 13.8 Å². The van der Waals surface area contributed by atoms with Crippen LogP contribution < -0.4 is 0 Å². The summed E-state index contributed by atoms with van der Waals surface area (Å²) in [5, 5.41) is 18.5. The number of aromatic nitrogens is 2. The molecule has 2 N–H and O–H groups in total. The summed E-state index contributed by atoms with van der Waals surface area (Å²) in [6.07, 6.45) is -19.5. The van der Waals surface area contributed by atoms with E-state index in [4.69, 9.17) is 0 Å². The zero-order valence-electron chi connectivity index (χ0n) is 28.6. The molecule has 2 heterocycles. The molecule has 0 aliphatic carbocycles. The zero-order valence-corrected chi connectivity index (χ0v) is 33.4. The number of hydrogen-bond acceptors (Lipinski definition) is 6. The SMILES string of the molecule is CC(C)(C)[S@@](=O)C[C@](C)(c1nc(Br)ccc1F)C(F)(F)[C@@H](O)C(F)(F)F.CC(C)(C)[S@@](=O)C[C@](C)(c1nc(Br)ccc1F)C(F)(F)[C@H](O)C(F)(F)F. The molecule has 2 aromatic rings. The van der Waals surface area contributed by atoms with Gasteiger partial charge in [-0.15, -0.1) is 0 Å². The first-order chi connectivity index (χ1) is 22.9. The van der Waals surface area contributed by atoms with E-state index in [1.54, 1.807) is 0 Å². The molecular formula is C30H36Br2F12N2O4S2. The van der Waals surface area contributed by atoms with Gasteiger partial charge in [-0.25, -0.2) is 36.3 Å². The van der Waals surface area contributed by atoms with E-state index in [9.17, 15) is 71.3 Å². The molecule has 0 aromatic carbocycles. The molecule has 0 spiro atoms. The molecule has 52 heavy (non-hydrogen) atoms. The van der Waals surface area contributed by atoms with Crippen LogP contribution in [0.3, 0.4) is 0 Å².